The minimum atomic E-state index is -0.932. The fourth-order valence-electron chi connectivity index (χ4n) is 7.57. The molecule has 4 aliphatic rings. The van der Waals surface area contributed by atoms with Gasteiger partial charge in [0.25, 0.3) is 0 Å². The zero-order chi connectivity index (χ0) is 27.0. The van der Waals surface area contributed by atoms with Crippen LogP contribution in [0.5, 0.6) is 0 Å². The summed E-state index contributed by atoms with van der Waals surface area (Å²) < 4.78 is 11.0. The average molecular weight is 509 g/mol. The molecule has 3 unspecified atom stereocenters. The topological polar surface area (TPSA) is 72.8 Å². The molecule has 4 aliphatic carbocycles. The number of rotatable bonds is 5. The predicted molar refractivity (Wildman–Crippen MR) is 144 cm³/mol. The predicted octanol–water partition coefficient (Wildman–Crippen LogP) is 6.21. The quantitative estimate of drug-likeness (QED) is 0.353. The minimum Gasteiger partial charge on any atom is -0.462 e. The Morgan fingerprint density at radius 2 is 1.84 bits per heavy atom. The summed E-state index contributed by atoms with van der Waals surface area (Å²) in [6, 6.07) is 0. The number of esters is 2. The van der Waals surface area contributed by atoms with Gasteiger partial charge in [0.15, 0.2) is 0 Å². The number of ether oxygens (including phenoxy) is 2. The zero-order valence-electron chi connectivity index (χ0n) is 23.3. The highest BCUT2D eigenvalue weighted by atomic mass is 16.6. The molecular formula is C32H44O5. The molecule has 4 rings (SSSR count). The molecule has 4 fully saturated rings. The van der Waals surface area contributed by atoms with Gasteiger partial charge in [-0.3, -0.25) is 9.59 Å². The highest BCUT2D eigenvalue weighted by Gasteiger charge is 2.60. The first-order valence-corrected chi connectivity index (χ1v) is 14.0. The number of allylic oxidation sites excluding steroid dienone is 3. The third-order valence-corrected chi connectivity index (χ3v) is 9.30. The van der Waals surface area contributed by atoms with Crippen LogP contribution in [0.3, 0.4) is 0 Å². The van der Waals surface area contributed by atoms with Crippen molar-refractivity contribution in [2.45, 2.75) is 117 Å². The van der Waals surface area contributed by atoms with Crippen molar-refractivity contribution >= 4 is 11.9 Å². The van der Waals surface area contributed by atoms with Crippen molar-refractivity contribution in [3.63, 3.8) is 0 Å². The van der Waals surface area contributed by atoms with Gasteiger partial charge in [0.2, 0.25) is 0 Å². The summed E-state index contributed by atoms with van der Waals surface area (Å²) in [4.78, 5) is 23.3. The van der Waals surface area contributed by atoms with Gasteiger partial charge in [-0.2, -0.15) is 0 Å². The summed E-state index contributed by atoms with van der Waals surface area (Å²) in [5, 5.41) is 10.0. The normalized spacial score (nSPS) is 34.9. The Morgan fingerprint density at radius 3 is 2.46 bits per heavy atom. The van der Waals surface area contributed by atoms with Gasteiger partial charge in [0.05, 0.1) is 0 Å². The molecular weight excluding hydrogens is 464 g/mol. The Morgan fingerprint density at radius 1 is 1.14 bits per heavy atom. The van der Waals surface area contributed by atoms with Crippen molar-refractivity contribution < 1.29 is 24.2 Å². The van der Waals surface area contributed by atoms with Crippen molar-refractivity contribution in [1.82, 2.24) is 0 Å². The van der Waals surface area contributed by atoms with Gasteiger partial charge in [-0.1, -0.05) is 43.1 Å². The summed E-state index contributed by atoms with van der Waals surface area (Å²) in [5.74, 6) is 6.93. The maximum absolute atomic E-state index is 11.7. The summed E-state index contributed by atoms with van der Waals surface area (Å²) in [6.45, 7) is 13.1. The van der Waals surface area contributed by atoms with Gasteiger partial charge in [-0.25, -0.2) is 0 Å². The van der Waals surface area contributed by atoms with E-state index in [9.17, 15) is 14.7 Å². The first kappa shape index (κ1) is 27.7. The van der Waals surface area contributed by atoms with Crippen molar-refractivity contribution in [1.29, 1.82) is 0 Å². The maximum Gasteiger partial charge on any atom is 0.303 e. The molecule has 0 heterocycles. The Bertz CT molecular complexity index is 1060. The number of aliphatic hydroxyl groups is 1. The number of carbonyl (C=O) groups is 2. The fourth-order valence-corrected chi connectivity index (χ4v) is 7.57. The molecule has 0 aromatic carbocycles. The van der Waals surface area contributed by atoms with Crippen LogP contribution in [-0.2, 0) is 19.1 Å². The standard InChI is InChI=1S/C32H44O5/c1-21-25(19-26(36-22(2)33)20-28(21)37-23(3)34)11-10-24-9-7-15-31(6)27(24)12-13-29(31)32(17-18-32)16-8-14-30(4,5)35/h10-11,26-29,35H,1,7,9,12-13,15-20H2,2-6H3/t26?,27?,28-,29?,31-/m0/s1. The summed E-state index contributed by atoms with van der Waals surface area (Å²) in [6.07, 6.45) is 14.1. The van der Waals surface area contributed by atoms with E-state index < -0.39 is 11.7 Å². The Kier molecular flexibility index (Phi) is 7.82. The van der Waals surface area contributed by atoms with E-state index in [1.54, 1.807) is 13.8 Å². The number of carbonyl (C=O) groups excluding carboxylic acids is 2. The highest BCUT2D eigenvalue weighted by molar-refractivity contribution is 5.67. The lowest BCUT2D eigenvalue weighted by Crippen LogP contribution is -2.37. The third-order valence-electron chi connectivity index (χ3n) is 9.30. The Balaban J connectivity index is 1.54. The van der Waals surface area contributed by atoms with Gasteiger partial charge < -0.3 is 14.6 Å². The zero-order valence-corrected chi connectivity index (χ0v) is 23.3. The Hall–Kier alpha value is -2.32. The van der Waals surface area contributed by atoms with Crippen LogP contribution in [0.4, 0.5) is 0 Å². The highest BCUT2D eigenvalue weighted by Crippen LogP contribution is 2.69. The van der Waals surface area contributed by atoms with Gasteiger partial charge >= 0.3 is 11.9 Å². The minimum absolute atomic E-state index is 0.277. The van der Waals surface area contributed by atoms with Crippen molar-refractivity contribution in [2.24, 2.45) is 22.7 Å². The number of hydrogen-bond donors (Lipinski definition) is 1. The van der Waals surface area contributed by atoms with Crippen LogP contribution in [0.2, 0.25) is 0 Å². The number of hydrogen-bond acceptors (Lipinski definition) is 5. The molecule has 37 heavy (non-hydrogen) atoms. The molecule has 0 aromatic rings. The van der Waals surface area contributed by atoms with E-state index in [0.29, 0.717) is 30.1 Å². The first-order chi connectivity index (χ1) is 17.3. The lowest BCUT2D eigenvalue weighted by molar-refractivity contribution is -0.152. The third kappa shape index (κ3) is 6.23. The van der Waals surface area contributed by atoms with Crippen LogP contribution in [-0.4, -0.2) is 34.9 Å². The first-order valence-electron chi connectivity index (χ1n) is 14.0. The van der Waals surface area contributed by atoms with Crippen molar-refractivity contribution in [3.05, 3.63) is 35.5 Å². The van der Waals surface area contributed by atoms with Gasteiger partial charge in [-0.05, 0) is 92.6 Å². The second kappa shape index (κ2) is 10.4. The summed E-state index contributed by atoms with van der Waals surface area (Å²) >= 11 is 0. The Labute approximate surface area is 222 Å². The van der Waals surface area contributed by atoms with E-state index in [4.69, 9.17) is 9.47 Å². The van der Waals surface area contributed by atoms with E-state index >= 15 is 0 Å². The molecule has 5 nitrogen and oxygen atoms in total. The maximum atomic E-state index is 11.7. The monoisotopic (exact) mass is 508 g/mol. The smallest absolute Gasteiger partial charge is 0.303 e. The van der Waals surface area contributed by atoms with Crippen LogP contribution >= 0.6 is 0 Å². The molecule has 0 amide bonds. The fraction of sp³-hybridized carbons (Fsp3) is 0.688. The summed E-state index contributed by atoms with van der Waals surface area (Å²) in [5.41, 5.74) is 2.97. The molecule has 0 spiro atoms. The van der Waals surface area contributed by atoms with E-state index in [2.05, 4.69) is 37.5 Å². The van der Waals surface area contributed by atoms with E-state index in [1.165, 1.54) is 57.9 Å². The summed E-state index contributed by atoms with van der Waals surface area (Å²) in [7, 11) is 0. The second-order valence-corrected chi connectivity index (χ2v) is 12.7. The van der Waals surface area contributed by atoms with Crippen LogP contribution in [0.25, 0.3) is 0 Å². The van der Waals surface area contributed by atoms with Gasteiger partial charge in [0, 0.05) is 33.1 Å². The van der Waals surface area contributed by atoms with E-state index in [0.717, 1.165) is 24.0 Å². The largest absolute Gasteiger partial charge is 0.462 e. The molecule has 0 bridgehead atoms. The molecule has 0 aromatic heterocycles. The van der Waals surface area contributed by atoms with Gasteiger partial charge in [0.1, 0.15) is 17.8 Å². The molecule has 4 saturated carbocycles. The molecule has 0 aliphatic heterocycles. The second-order valence-electron chi connectivity index (χ2n) is 12.7. The average Bonchev–Trinajstić information content (AvgIpc) is 3.45. The molecule has 202 valence electrons. The molecule has 1 N–H and O–H groups in total. The van der Waals surface area contributed by atoms with Gasteiger partial charge in [-0.15, -0.1) is 0 Å². The number of fused-ring (bicyclic) bond motifs is 1. The lowest BCUT2D eigenvalue weighted by atomic mass is 9.59. The molecule has 5 atom stereocenters. The van der Waals surface area contributed by atoms with Crippen molar-refractivity contribution in [2.75, 3.05) is 0 Å². The van der Waals surface area contributed by atoms with Crippen LogP contribution in [0.15, 0.2) is 35.5 Å². The molecule has 0 saturated heterocycles. The van der Waals surface area contributed by atoms with Crippen LogP contribution < -0.4 is 0 Å². The lowest BCUT2D eigenvalue weighted by Gasteiger charge is -2.45. The SMILES string of the molecule is C=C1C(=CC=C2CCC[C@@]3(C)C2CCC3C2(CC#CC(C)(C)O)CC2)CC(OC(C)=O)C[C@@H]1OC(C)=O. The van der Waals surface area contributed by atoms with E-state index in [-0.39, 0.29) is 23.5 Å². The van der Waals surface area contributed by atoms with Crippen molar-refractivity contribution in [3.8, 4) is 11.8 Å². The van der Waals surface area contributed by atoms with E-state index in [1.807, 2.05) is 0 Å². The van der Waals surface area contributed by atoms with Crippen LogP contribution in [0.1, 0.15) is 98.8 Å². The molecule has 5 heteroatoms. The van der Waals surface area contributed by atoms with Crippen LogP contribution in [0, 0.1) is 34.5 Å². The molecule has 0 radical (unpaired) electrons.